The topological polar surface area (TPSA) is 29.3 Å². The Balaban J connectivity index is 1.95. The molecule has 0 amide bonds. The van der Waals surface area contributed by atoms with E-state index in [1.807, 2.05) is 30.0 Å². The zero-order valence-corrected chi connectivity index (χ0v) is 11.7. The minimum absolute atomic E-state index is 0.771. The minimum Gasteiger partial charge on any atom is -0.398 e. The number of thioether (sulfide) groups is 1. The van der Waals surface area contributed by atoms with Gasteiger partial charge in [0.15, 0.2) is 0 Å². The first-order valence-corrected chi connectivity index (χ1v) is 7.64. The summed E-state index contributed by atoms with van der Waals surface area (Å²) >= 11 is 7.99. The maximum atomic E-state index is 6.00. The molecule has 1 aromatic rings. The van der Waals surface area contributed by atoms with Crippen LogP contribution in [0.1, 0.15) is 18.4 Å². The Morgan fingerprint density at radius 2 is 2.12 bits per heavy atom. The van der Waals surface area contributed by atoms with Crippen molar-refractivity contribution >= 4 is 29.1 Å². The van der Waals surface area contributed by atoms with Crippen molar-refractivity contribution in [3.63, 3.8) is 0 Å². The van der Waals surface area contributed by atoms with Crippen LogP contribution >= 0.6 is 23.4 Å². The number of hydrogen-bond acceptors (Lipinski definition) is 3. The lowest BCUT2D eigenvalue weighted by Crippen LogP contribution is -2.34. The van der Waals surface area contributed by atoms with Gasteiger partial charge in [-0.2, -0.15) is 11.8 Å². The summed E-state index contributed by atoms with van der Waals surface area (Å²) in [5, 5.41) is 1.61. The fourth-order valence-corrected chi connectivity index (χ4v) is 3.13. The van der Waals surface area contributed by atoms with E-state index in [1.54, 1.807) is 0 Å². The number of nitrogens with zero attached hydrogens (tertiary/aromatic N) is 1. The van der Waals surface area contributed by atoms with Crippen LogP contribution in [0.5, 0.6) is 0 Å². The molecule has 2 rings (SSSR count). The van der Waals surface area contributed by atoms with Crippen molar-refractivity contribution in [3.8, 4) is 0 Å². The summed E-state index contributed by atoms with van der Waals surface area (Å²) in [5.74, 6) is 0. The smallest absolute Gasteiger partial charge is 0.0410 e. The Bertz CT molecular complexity index is 376. The highest BCUT2D eigenvalue weighted by Gasteiger charge is 2.18. The van der Waals surface area contributed by atoms with Crippen LogP contribution in [0.25, 0.3) is 0 Å². The minimum atomic E-state index is 0.771. The Labute approximate surface area is 113 Å². The number of anilines is 1. The molecule has 1 aromatic carbocycles. The van der Waals surface area contributed by atoms with Crippen molar-refractivity contribution in [2.75, 3.05) is 25.1 Å². The summed E-state index contributed by atoms with van der Waals surface area (Å²) in [6.07, 6.45) is 4.76. The zero-order chi connectivity index (χ0) is 12.3. The first-order chi connectivity index (χ1) is 8.19. The fourth-order valence-electron chi connectivity index (χ4n) is 2.26. The first kappa shape index (κ1) is 13.1. The second-order valence-electron chi connectivity index (χ2n) is 4.55. The van der Waals surface area contributed by atoms with E-state index >= 15 is 0 Å². The fraction of sp³-hybridized carbons (Fsp3) is 0.538. The molecule has 0 saturated carbocycles. The van der Waals surface area contributed by atoms with E-state index in [9.17, 15) is 0 Å². The molecule has 4 heteroatoms. The summed E-state index contributed by atoms with van der Waals surface area (Å²) < 4.78 is 0. The number of benzene rings is 1. The second kappa shape index (κ2) is 5.98. The van der Waals surface area contributed by atoms with Crippen LogP contribution in [0.2, 0.25) is 5.02 Å². The quantitative estimate of drug-likeness (QED) is 0.855. The third-order valence-corrected chi connectivity index (χ3v) is 4.74. The van der Waals surface area contributed by atoms with Crippen molar-refractivity contribution in [1.29, 1.82) is 0 Å². The highest BCUT2D eigenvalue weighted by atomic mass is 35.5. The molecule has 2 nitrogen and oxygen atoms in total. The zero-order valence-electron chi connectivity index (χ0n) is 10.2. The van der Waals surface area contributed by atoms with Gasteiger partial charge in [0.05, 0.1) is 0 Å². The monoisotopic (exact) mass is 270 g/mol. The molecular weight excluding hydrogens is 252 g/mol. The van der Waals surface area contributed by atoms with Crippen LogP contribution in [0, 0.1) is 0 Å². The molecule has 1 fully saturated rings. The van der Waals surface area contributed by atoms with Gasteiger partial charge in [0.25, 0.3) is 0 Å². The molecule has 0 spiro atoms. The molecule has 1 aliphatic rings. The van der Waals surface area contributed by atoms with E-state index in [1.165, 1.54) is 12.8 Å². The van der Waals surface area contributed by atoms with Gasteiger partial charge in [0, 0.05) is 22.5 Å². The van der Waals surface area contributed by atoms with Crippen molar-refractivity contribution in [1.82, 2.24) is 4.90 Å². The SMILES string of the molecule is CSC1CCN(Cc2cc(Cl)ccc2N)CC1. The highest BCUT2D eigenvalue weighted by molar-refractivity contribution is 7.99. The Morgan fingerprint density at radius 1 is 1.41 bits per heavy atom. The molecule has 2 N–H and O–H groups in total. The maximum Gasteiger partial charge on any atom is 0.0410 e. The van der Waals surface area contributed by atoms with Gasteiger partial charge in [0.2, 0.25) is 0 Å². The van der Waals surface area contributed by atoms with E-state index in [0.717, 1.165) is 41.2 Å². The molecule has 0 radical (unpaired) electrons. The molecule has 1 heterocycles. The molecule has 0 atom stereocenters. The van der Waals surface area contributed by atoms with Crippen LogP contribution < -0.4 is 5.73 Å². The van der Waals surface area contributed by atoms with Crippen LogP contribution in [-0.4, -0.2) is 29.5 Å². The number of nitrogen functional groups attached to an aromatic ring is 1. The van der Waals surface area contributed by atoms with Gasteiger partial charge in [-0.3, -0.25) is 4.90 Å². The predicted molar refractivity (Wildman–Crippen MR) is 77.7 cm³/mol. The third kappa shape index (κ3) is 3.54. The molecule has 1 aliphatic heterocycles. The first-order valence-electron chi connectivity index (χ1n) is 5.98. The summed E-state index contributed by atoms with van der Waals surface area (Å²) in [5.41, 5.74) is 7.97. The maximum absolute atomic E-state index is 6.00. The van der Waals surface area contributed by atoms with Gasteiger partial charge in [-0.15, -0.1) is 0 Å². The van der Waals surface area contributed by atoms with Crippen molar-refractivity contribution in [3.05, 3.63) is 28.8 Å². The Hall–Kier alpha value is -0.380. The number of piperidine rings is 1. The van der Waals surface area contributed by atoms with Crippen molar-refractivity contribution in [2.24, 2.45) is 0 Å². The van der Waals surface area contributed by atoms with E-state index in [4.69, 9.17) is 17.3 Å². The summed E-state index contributed by atoms with van der Waals surface area (Å²) in [6.45, 7) is 3.25. The largest absolute Gasteiger partial charge is 0.398 e. The molecule has 17 heavy (non-hydrogen) atoms. The van der Waals surface area contributed by atoms with Crippen LogP contribution in [0.3, 0.4) is 0 Å². The van der Waals surface area contributed by atoms with Gasteiger partial charge < -0.3 is 5.73 Å². The van der Waals surface area contributed by atoms with Crippen molar-refractivity contribution < 1.29 is 0 Å². The van der Waals surface area contributed by atoms with Crippen molar-refractivity contribution in [2.45, 2.75) is 24.6 Å². The summed E-state index contributed by atoms with van der Waals surface area (Å²) in [7, 11) is 0. The molecule has 0 aliphatic carbocycles. The summed E-state index contributed by atoms with van der Waals surface area (Å²) in [4.78, 5) is 2.47. The lowest BCUT2D eigenvalue weighted by Gasteiger charge is -2.31. The normalized spacial score (nSPS) is 18.5. The predicted octanol–water partition coefficient (Wildman–Crippen LogP) is 3.25. The molecule has 1 saturated heterocycles. The van der Waals surface area contributed by atoms with Gasteiger partial charge in [-0.1, -0.05) is 11.6 Å². The summed E-state index contributed by atoms with van der Waals surface area (Å²) in [6, 6.07) is 5.73. The number of hydrogen-bond donors (Lipinski definition) is 1. The third-order valence-electron chi connectivity index (χ3n) is 3.37. The van der Waals surface area contributed by atoms with Crippen LogP contribution in [0.4, 0.5) is 5.69 Å². The van der Waals surface area contributed by atoms with Gasteiger partial charge in [0.1, 0.15) is 0 Å². The molecule has 94 valence electrons. The second-order valence-corrected chi connectivity index (χ2v) is 6.13. The molecular formula is C13H19ClN2S. The van der Waals surface area contributed by atoms with Gasteiger partial charge in [-0.05, 0) is 55.9 Å². The molecule has 0 unspecified atom stereocenters. The van der Waals surface area contributed by atoms with Gasteiger partial charge in [-0.25, -0.2) is 0 Å². The van der Waals surface area contributed by atoms with Crippen LogP contribution in [0.15, 0.2) is 18.2 Å². The van der Waals surface area contributed by atoms with E-state index < -0.39 is 0 Å². The van der Waals surface area contributed by atoms with E-state index in [0.29, 0.717) is 0 Å². The average molecular weight is 271 g/mol. The number of halogens is 1. The lowest BCUT2D eigenvalue weighted by atomic mass is 10.1. The number of nitrogens with two attached hydrogens (primary N) is 1. The highest BCUT2D eigenvalue weighted by Crippen LogP contribution is 2.24. The lowest BCUT2D eigenvalue weighted by molar-refractivity contribution is 0.225. The Kier molecular flexibility index (Phi) is 4.60. The standard InChI is InChI=1S/C13H19ClN2S/c1-17-12-4-6-16(7-5-12)9-10-8-11(14)2-3-13(10)15/h2-3,8,12H,4-7,9,15H2,1H3. The number of likely N-dealkylation sites (tertiary alicyclic amines) is 1. The van der Waals surface area contributed by atoms with E-state index in [2.05, 4.69) is 11.2 Å². The van der Waals surface area contributed by atoms with E-state index in [-0.39, 0.29) is 0 Å². The molecule has 0 bridgehead atoms. The van der Waals surface area contributed by atoms with Crippen LogP contribution in [-0.2, 0) is 6.54 Å². The van der Waals surface area contributed by atoms with Gasteiger partial charge >= 0.3 is 0 Å². The average Bonchev–Trinajstić information content (AvgIpc) is 2.35. The Morgan fingerprint density at radius 3 is 2.76 bits per heavy atom. The molecule has 0 aromatic heterocycles. The number of rotatable bonds is 3.